The van der Waals surface area contributed by atoms with Crippen LogP contribution in [0.4, 0.5) is 0 Å². The molecule has 0 spiro atoms. The standard InChI is InChI=1S/C31H38O6/c32-29(33)17-19-36-23-13-9-21(10-14-23)31(22-11-15-24(16-12-22)37-20-18-30(34)35)27-7-3-1-5-25(27)26-6-2-4-8-28(26)31/h1-8,21-24H,9-20H2,(H,32,33)(H,34,35). The van der Waals surface area contributed by atoms with E-state index in [4.69, 9.17) is 19.7 Å². The van der Waals surface area contributed by atoms with Gasteiger partial charge in [0.15, 0.2) is 0 Å². The van der Waals surface area contributed by atoms with E-state index >= 15 is 0 Å². The van der Waals surface area contributed by atoms with Crippen molar-refractivity contribution in [3.05, 3.63) is 59.7 Å². The van der Waals surface area contributed by atoms with Crippen molar-refractivity contribution in [3.8, 4) is 11.1 Å². The number of rotatable bonds is 10. The van der Waals surface area contributed by atoms with Gasteiger partial charge in [0.2, 0.25) is 0 Å². The van der Waals surface area contributed by atoms with Crippen molar-refractivity contribution in [2.45, 2.75) is 81.8 Å². The summed E-state index contributed by atoms with van der Waals surface area (Å²) in [7, 11) is 0. The monoisotopic (exact) mass is 506 g/mol. The molecule has 3 aliphatic carbocycles. The van der Waals surface area contributed by atoms with Crippen LogP contribution in [0.2, 0.25) is 0 Å². The molecule has 0 amide bonds. The van der Waals surface area contributed by atoms with E-state index in [1.807, 2.05) is 0 Å². The second-order valence-corrected chi connectivity index (χ2v) is 10.9. The third kappa shape index (κ3) is 5.19. The first-order valence-electron chi connectivity index (χ1n) is 13.9. The Labute approximate surface area is 219 Å². The van der Waals surface area contributed by atoms with Crippen LogP contribution >= 0.6 is 0 Å². The minimum Gasteiger partial charge on any atom is -0.481 e. The van der Waals surface area contributed by atoms with Gasteiger partial charge in [0.1, 0.15) is 0 Å². The van der Waals surface area contributed by atoms with E-state index in [9.17, 15) is 9.59 Å². The Bertz CT molecular complexity index is 1010. The predicted octanol–water partition coefficient (Wildman–Crippen LogP) is 6.05. The lowest BCUT2D eigenvalue weighted by Crippen LogP contribution is -2.46. The summed E-state index contributed by atoms with van der Waals surface area (Å²) >= 11 is 0. The Morgan fingerprint density at radius 1 is 0.649 bits per heavy atom. The fourth-order valence-electron chi connectivity index (χ4n) is 7.51. The zero-order valence-electron chi connectivity index (χ0n) is 21.4. The van der Waals surface area contributed by atoms with Gasteiger partial charge >= 0.3 is 11.9 Å². The average Bonchev–Trinajstić information content (AvgIpc) is 3.20. The number of benzene rings is 2. The number of aliphatic carboxylic acids is 2. The summed E-state index contributed by atoms with van der Waals surface area (Å²) < 4.78 is 11.9. The number of carboxylic acids is 2. The van der Waals surface area contributed by atoms with Crippen molar-refractivity contribution >= 4 is 11.9 Å². The van der Waals surface area contributed by atoms with E-state index in [0.717, 1.165) is 51.4 Å². The Morgan fingerprint density at radius 2 is 1.03 bits per heavy atom. The van der Waals surface area contributed by atoms with Crippen molar-refractivity contribution in [1.82, 2.24) is 0 Å². The number of hydrogen-bond acceptors (Lipinski definition) is 4. The van der Waals surface area contributed by atoms with Gasteiger partial charge in [-0.15, -0.1) is 0 Å². The van der Waals surface area contributed by atoms with Crippen LogP contribution < -0.4 is 0 Å². The topological polar surface area (TPSA) is 93.1 Å². The molecule has 0 aromatic heterocycles. The Hall–Kier alpha value is -2.70. The summed E-state index contributed by atoms with van der Waals surface area (Å²) in [4.78, 5) is 21.8. The molecule has 0 saturated heterocycles. The zero-order valence-corrected chi connectivity index (χ0v) is 21.4. The highest BCUT2D eigenvalue weighted by Gasteiger charge is 2.54. The number of carbonyl (C=O) groups is 2. The minimum atomic E-state index is -0.811. The molecular weight excluding hydrogens is 468 g/mol. The van der Waals surface area contributed by atoms with Crippen LogP contribution in [-0.2, 0) is 24.5 Å². The molecule has 2 aromatic rings. The normalized spacial score (nSPS) is 26.3. The molecule has 198 valence electrons. The van der Waals surface area contributed by atoms with Crippen LogP contribution in [0.3, 0.4) is 0 Å². The summed E-state index contributed by atoms with van der Waals surface area (Å²) in [5.41, 5.74) is 5.59. The van der Waals surface area contributed by atoms with E-state index in [2.05, 4.69) is 48.5 Å². The van der Waals surface area contributed by atoms with Crippen LogP contribution in [0.15, 0.2) is 48.5 Å². The second kappa shape index (κ2) is 11.4. The van der Waals surface area contributed by atoms with Gasteiger partial charge < -0.3 is 19.7 Å². The maximum absolute atomic E-state index is 10.9. The second-order valence-electron chi connectivity index (χ2n) is 10.9. The van der Waals surface area contributed by atoms with E-state index in [-0.39, 0.29) is 43.7 Å². The molecule has 2 N–H and O–H groups in total. The molecule has 2 aromatic carbocycles. The van der Waals surface area contributed by atoms with Gasteiger partial charge in [-0.1, -0.05) is 48.5 Å². The van der Waals surface area contributed by atoms with Crippen LogP contribution in [0.25, 0.3) is 11.1 Å². The van der Waals surface area contributed by atoms with Gasteiger partial charge in [0.25, 0.3) is 0 Å². The predicted molar refractivity (Wildman–Crippen MR) is 141 cm³/mol. The van der Waals surface area contributed by atoms with E-state index in [1.54, 1.807) is 0 Å². The molecule has 0 radical (unpaired) electrons. The summed E-state index contributed by atoms with van der Waals surface area (Å²) in [6.07, 6.45) is 8.50. The number of fused-ring (bicyclic) bond motifs is 3. The number of ether oxygens (including phenoxy) is 2. The molecule has 6 nitrogen and oxygen atoms in total. The molecule has 0 bridgehead atoms. The van der Waals surface area contributed by atoms with Crippen molar-refractivity contribution in [2.75, 3.05) is 13.2 Å². The molecule has 2 fully saturated rings. The van der Waals surface area contributed by atoms with Gasteiger partial charge in [0, 0.05) is 5.41 Å². The number of hydrogen-bond donors (Lipinski definition) is 2. The van der Waals surface area contributed by atoms with Crippen LogP contribution in [-0.4, -0.2) is 47.6 Å². The summed E-state index contributed by atoms with van der Waals surface area (Å²) in [5, 5.41) is 17.9. The first-order chi connectivity index (χ1) is 18.0. The first-order valence-corrected chi connectivity index (χ1v) is 13.9. The van der Waals surface area contributed by atoms with E-state index in [1.165, 1.54) is 22.3 Å². The molecule has 0 aliphatic heterocycles. The molecule has 6 heteroatoms. The summed E-state index contributed by atoms with van der Waals surface area (Å²) in [6, 6.07) is 17.9. The summed E-state index contributed by atoms with van der Waals surface area (Å²) in [6.45, 7) is 0.570. The smallest absolute Gasteiger partial charge is 0.305 e. The van der Waals surface area contributed by atoms with Gasteiger partial charge in [-0.3, -0.25) is 9.59 Å². The Balaban J connectivity index is 1.40. The molecule has 37 heavy (non-hydrogen) atoms. The third-order valence-corrected chi connectivity index (χ3v) is 9.01. The molecule has 0 unspecified atom stereocenters. The molecule has 0 heterocycles. The highest BCUT2D eigenvalue weighted by Crippen LogP contribution is 2.61. The maximum atomic E-state index is 10.9. The van der Waals surface area contributed by atoms with Crippen molar-refractivity contribution in [1.29, 1.82) is 0 Å². The van der Waals surface area contributed by atoms with Gasteiger partial charge in [-0.2, -0.15) is 0 Å². The lowest BCUT2D eigenvalue weighted by Gasteiger charge is -2.50. The molecular formula is C31H38O6. The molecule has 5 rings (SSSR count). The lowest BCUT2D eigenvalue weighted by atomic mass is 9.54. The van der Waals surface area contributed by atoms with E-state index < -0.39 is 11.9 Å². The van der Waals surface area contributed by atoms with Crippen molar-refractivity contribution < 1.29 is 29.3 Å². The molecule has 3 aliphatic rings. The highest BCUT2D eigenvalue weighted by atomic mass is 16.5. The van der Waals surface area contributed by atoms with Crippen LogP contribution in [0.1, 0.15) is 75.3 Å². The zero-order chi connectivity index (χ0) is 25.8. The van der Waals surface area contributed by atoms with Crippen molar-refractivity contribution in [2.24, 2.45) is 11.8 Å². The Morgan fingerprint density at radius 3 is 1.41 bits per heavy atom. The van der Waals surface area contributed by atoms with Gasteiger partial charge in [-0.05, 0) is 85.5 Å². The van der Waals surface area contributed by atoms with Crippen LogP contribution in [0, 0.1) is 11.8 Å². The van der Waals surface area contributed by atoms with Crippen molar-refractivity contribution in [3.63, 3.8) is 0 Å². The first kappa shape index (κ1) is 25.9. The average molecular weight is 507 g/mol. The molecule has 0 atom stereocenters. The van der Waals surface area contributed by atoms with Gasteiger partial charge in [0.05, 0.1) is 38.3 Å². The number of carboxylic acid groups (broad SMARTS) is 2. The fraction of sp³-hybridized carbons (Fsp3) is 0.548. The summed E-state index contributed by atoms with van der Waals surface area (Å²) in [5.74, 6) is -0.638. The fourth-order valence-corrected chi connectivity index (χ4v) is 7.51. The van der Waals surface area contributed by atoms with E-state index in [0.29, 0.717) is 11.8 Å². The van der Waals surface area contributed by atoms with Gasteiger partial charge in [-0.25, -0.2) is 0 Å². The largest absolute Gasteiger partial charge is 0.481 e. The molecule has 2 saturated carbocycles. The maximum Gasteiger partial charge on any atom is 0.305 e. The minimum absolute atomic E-state index is 0.0503. The quantitative estimate of drug-likeness (QED) is 0.407. The third-order valence-electron chi connectivity index (χ3n) is 9.01. The lowest BCUT2D eigenvalue weighted by molar-refractivity contribution is -0.139. The highest BCUT2D eigenvalue weighted by molar-refractivity contribution is 5.81. The Kier molecular flexibility index (Phi) is 7.96. The SMILES string of the molecule is O=C(O)CCOC1CCC(C2(C3CCC(OCCC(=O)O)CC3)c3ccccc3-c3ccccc32)CC1. The van der Waals surface area contributed by atoms with Crippen LogP contribution in [0.5, 0.6) is 0 Å².